The smallest absolute Gasteiger partial charge is 0.168 e. The summed E-state index contributed by atoms with van der Waals surface area (Å²) in [4.78, 5) is 25.7. The Morgan fingerprint density at radius 1 is 0.615 bits per heavy atom. The maximum atomic E-state index is 12.9. The number of fused-ring (bicyclic) bond motifs is 2. The highest BCUT2D eigenvalue weighted by Crippen LogP contribution is 2.33. The highest BCUT2D eigenvalue weighted by atomic mass is 16.1. The fourth-order valence-electron chi connectivity index (χ4n) is 3.26. The highest BCUT2D eigenvalue weighted by Gasteiger charge is 2.26. The van der Waals surface area contributed by atoms with Gasteiger partial charge in [0.2, 0.25) is 0 Å². The first kappa shape index (κ1) is 18.3. The second-order valence-corrected chi connectivity index (χ2v) is 9.06. The van der Waals surface area contributed by atoms with E-state index in [9.17, 15) is 9.59 Å². The molecule has 0 fully saturated rings. The van der Waals surface area contributed by atoms with Crippen LogP contribution < -0.4 is 0 Å². The van der Waals surface area contributed by atoms with Gasteiger partial charge in [0.25, 0.3) is 0 Å². The zero-order valence-electron chi connectivity index (χ0n) is 16.4. The van der Waals surface area contributed by atoms with E-state index < -0.39 is 10.8 Å². The van der Waals surface area contributed by atoms with Gasteiger partial charge in [-0.15, -0.1) is 0 Å². The van der Waals surface area contributed by atoms with Crippen molar-refractivity contribution in [3.63, 3.8) is 0 Å². The SMILES string of the molecule is CC(C)(C)C(=O)c1cccc2cc3c(C(=O)C(C)(C)C)cccc3cc12. The third kappa shape index (κ3) is 3.16. The summed E-state index contributed by atoms with van der Waals surface area (Å²) < 4.78 is 0. The molecule has 3 rings (SSSR count). The molecule has 3 aromatic carbocycles. The van der Waals surface area contributed by atoms with Crippen molar-refractivity contribution >= 4 is 33.1 Å². The number of hydrogen-bond acceptors (Lipinski definition) is 2. The van der Waals surface area contributed by atoms with Gasteiger partial charge >= 0.3 is 0 Å². The van der Waals surface area contributed by atoms with Crippen molar-refractivity contribution in [2.75, 3.05) is 0 Å². The maximum Gasteiger partial charge on any atom is 0.168 e. The molecule has 0 aromatic heterocycles. The van der Waals surface area contributed by atoms with Crippen LogP contribution in [0.15, 0.2) is 48.5 Å². The van der Waals surface area contributed by atoms with E-state index in [4.69, 9.17) is 0 Å². The Labute approximate surface area is 155 Å². The van der Waals surface area contributed by atoms with E-state index >= 15 is 0 Å². The molecule has 2 heteroatoms. The van der Waals surface area contributed by atoms with Gasteiger partial charge in [0.1, 0.15) is 0 Å². The molecule has 0 aliphatic carbocycles. The normalized spacial score (nSPS) is 12.5. The number of hydrogen-bond donors (Lipinski definition) is 0. The van der Waals surface area contributed by atoms with Crippen LogP contribution in [0.1, 0.15) is 62.3 Å². The van der Waals surface area contributed by atoms with Gasteiger partial charge in [0.15, 0.2) is 11.6 Å². The molecule has 3 aromatic rings. The third-order valence-electron chi connectivity index (χ3n) is 4.73. The first-order valence-electron chi connectivity index (χ1n) is 9.05. The van der Waals surface area contributed by atoms with Crippen LogP contribution in [0.3, 0.4) is 0 Å². The van der Waals surface area contributed by atoms with Gasteiger partial charge in [-0.1, -0.05) is 77.9 Å². The minimum atomic E-state index is -0.437. The lowest BCUT2D eigenvalue weighted by molar-refractivity contribution is 0.0854. The minimum absolute atomic E-state index is 0.129. The van der Waals surface area contributed by atoms with Gasteiger partial charge in [-0.2, -0.15) is 0 Å². The molecule has 26 heavy (non-hydrogen) atoms. The summed E-state index contributed by atoms with van der Waals surface area (Å²) in [6.45, 7) is 11.6. The molecule has 134 valence electrons. The van der Waals surface area contributed by atoms with Crippen LogP contribution in [0.2, 0.25) is 0 Å². The minimum Gasteiger partial charge on any atom is -0.294 e. The van der Waals surface area contributed by atoms with E-state index in [0.717, 1.165) is 32.7 Å². The van der Waals surface area contributed by atoms with Crippen LogP contribution in [-0.2, 0) is 0 Å². The zero-order chi connectivity index (χ0) is 19.3. The maximum absolute atomic E-state index is 12.9. The summed E-state index contributed by atoms with van der Waals surface area (Å²) in [5.41, 5.74) is 0.606. The fraction of sp³-hybridized carbons (Fsp3) is 0.333. The van der Waals surface area contributed by atoms with Crippen LogP contribution in [0.5, 0.6) is 0 Å². The van der Waals surface area contributed by atoms with Crippen LogP contribution in [0.25, 0.3) is 21.5 Å². The summed E-state index contributed by atoms with van der Waals surface area (Å²) in [5.74, 6) is 0.258. The molecule has 0 aliphatic rings. The third-order valence-corrected chi connectivity index (χ3v) is 4.73. The predicted octanol–water partition coefficient (Wildman–Crippen LogP) is 6.45. The Balaban J connectivity index is 2.31. The van der Waals surface area contributed by atoms with Crippen molar-refractivity contribution in [1.82, 2.24) is 0 Å². The Morgan fingerprint density at radius 3 is 1.27 bits per heavy atom. The summed E-state index contributed by atoms with van der Waals surface area (Å²) >= 11 is 0. The van der Waals surface area contributed by atoms with Crippen molar-refractivity contribution in [1.29, 1.82) is 0 Å². The molecule has 0 heterocycles. The Bertz CT molecular complexity index is 942. The van der Waals surface area contributed by atoms with Gasteiger partial charge in [0.05, 0.1) is 0 Å². The van der Waals surface area contributed by atoms with Gasteiger partial charge < -0.3 is 0 Å². The van der Waals surface area contributed by atoms with Gasteiger partial charge in [-0.25, -0.2) is 0 Å². The van der Waals surface area contributed by atoms with Gasteiger partial charge in [-0.3, -0.25) is 9.59 Å². The molecular weight excluding hydrogens is 320 g/mol. The van der Waals surface area contributed by atoms with E-state index in [1.165, 1.54) is 0 Å². The molecule has 0 saturated heterocycles. The second kappa shape index (κ2) is 6.05. The Kier molecular flexibility index (Phi) is 4.26. The summed E-state index contributed by atoms with van der Waals surface area (Å²) in [7, 11) is 0. The van der Waals surface area contributed by atoms with Crippen LogP contribution in [0, 0.1) is 10.8 Å². The van der Waals surface area contributed by atoms with Crippen molar-refractivity contribution < 1.29 is 9.59 Å². The molecule has 0 amide bonds. The molecular formula is C24H26O2. The molecule has 0 atom stereocenters. The van der Waals surface area contributed by atoms with Crippen LogP contribution >= 0.6 is 0 Å². The molecule has 0 spiro atoms. The number of benzene rings is 3. The average Bonchev–Trinajstić information content (AvgIpc) is 2.56. The standard InChI is InChI=1S/C24H26O2/c1-23(2,3)21(25)17-11-7-9-15-14-20-16(13-19(15)17)10-8-12-18(20)22(26)24(4,5)6/h7-14H,1-6H3. The number of Topliss-reactive ketones (excluding diaryl/α,β-unsaturated/α-hetero) is 2. The van der Waals surface area contributed by atoms with E-state index in [0.29, 0.717) is 0 Å². The lowest BCUT2D eigenvalue weighted by Crippen LogP contribution is -2.21. The quantitative estimate of drug-likeness (QED) is 0.394. The van der Waals surface area contributed by atoms with E-state index in [-0.39, 0.29) is 11.6 Å². The fourth-order valence-corrected chi connectivity index (χ4v) is 3.26. The number of rotatable bonds is 2. The molecule has 0 saturated carbocycles. The van der Waals surface area contributed by atoms with Crippen molar-refractivity contribution in [2.45, 2.75) is 41.5 Å². The van der Waals surface area contributed by atoms with E-state index in [2.05, 4.69) is 0 Å². The Hall–Kier alpha value is -2.48. The number of carbonyl (C=O) groups is 2. The monoisotopic (exact) mass is 346 g/mol. The highest BCUT2D eigenvalue weighted by molar-refractivity contribution is 6.16. The lowest BCUT2D eigenvalue weighted by Gasteiger charge is -2.20. The predicted molar refractivity (Wildman–Crippen MR) is 109 cm³/mol. The van der Waals surface area contributed by atoms with Crippen LogP contribution in [-0.4, -0.2) is 11.6 Å². The number of ketones is 2. The number of carbonyl (C=O) groups excluding carboxylic acids is 2. The molecule has 2 nitrogen and oxygen atoms in total. The molecule has 0 aliphatic heterocycles. The Morgan fingerprint density at radius 2 is 0.962 bits per heavy atom. The molecule has 0 radical (unpaired) electrons. The summed E-state index contributed by atoms with van der Waals surface area (Å²) in [6.07, 6.45) is 0. The molecule has 0 bridgehead atoms. The first-order chi connectivity index (χ1) is 12.0. The first-order valence-corrected chi connectivity index (χ1v) is 9.05. The van der Waals surface area contributed by atoms with Crippen LogP contribution in [0.4, 0.5) is 0 Å². The molecule has 0 unspecified atom stereocenters. The van der Waals surface area contributed by atoms with Crippen molar-refractivity contribution in [3.05, 3.63) is 59.7 Å². The van der Waals surface area contributed by atoms with Crippen molar-refractivity contribution in [3.8, 4) is 0 Å². The van der Waals surface area contributed by atoms with Gasteiger partial charge in [0, 0.05) is 22.0 Å². The lowest BCUT2D eigenvalue weighted by atomic mass is 9.82. The van der Waals surface area contributed by atoms with Gasteiger partial charge in [-0.05, 0) is 33.7 Å². The average molecular weight is 346 g/mol. The molecule has 0 N–H and O–H groups in total. The van der Waals surface area contributed by atoms with E-state index in [1.807, 2.05) is 90.1 Å². The van der Waals surface area contributed by atoms with Crippen molar-refractivity contribution in [2.24, 2.45) is 10.8 Å². The van der Waals surface area contributed by atoms with E-state index in [1.54, 1.807) is 0 Å². The second-order valence-electron chi connectivity index (χ2n) is 9.06. The summed E-state index contributed by atoms with van der Waals surface area (Å²) in [6, 6.07) is 15.7. The summed E-state index contributed by atoms with van der Waals surface area (Å²) in [5, 5.41) is 3.86. The zero-order valence-corrected chi connectivity index (χ0v) is 16.4. The largest absolute Gasteiger partial charge is 0.294 e. The topological polar surface area (TPSA) is 34.1 Å².